The van der Waals surface area contributed by atoms with Gasteiger partial charge in [-0.15, -0.1) is 0 Å². The smallest absolute Gasteiger partial charge is 0.144 e. The van der Waals surface area contributed by atoms with Crippen LogP contribution in [0.1, 0.15) is 5.56 Å². The number of rotatable bonds is 4. The van der Waals surface area contributed by atoms with Gasteiger partial charge < -0.3 is 15.2 Å². The molecular weight excluding hydrogens is 327 g/mol. The monoisotopic (exact) mass is 338 g/mol. The second kappa shape index (κ2) is 5.92. The maximum absolute atomic E-state index is 13.3. The van der Waals surface area contributed by atoms with Gasteiger partial charge in [0.2, 0.25) is 0 Å². The van der Waals surface area contributed by atoms with E-state index in [2.05, 4.69) is 15.9 Å². The lowest BCUT2D eigenvalue weighted by atomic mass is 10.1. The van der Waals surface area contributed by atoms with Crippen molar-refractivity contribution in [3.8, 4) is 17.2 Å². The van der Waals surface area contributed by atoms with Gasteiger partial charge in [0.15, 0.2) is 0 Å². The number of amidine groups is 1. The average molecular weight is 339 g/mol. The lowest BCUT2D eigenvalue weighted by Crippen LogP contribution is -2.12. The fraction of sp³-hybridized carbons (Fsp3) is 0.0714. The predicted molar refractivity (Wildman–Crippen MR) is 78.2 cm³/mol. The van der Waals surface area contributed by atoms with E-state index in [-0.39, 0.29) is 5.84 Å². The highest BCUT2D eigenvalue weighted by molar-refractivity contribution is 9.10. The van der Waals surface area contributed by atoms with Crippen molar-refractivity contribution in [1.82, 2.24) is 0 Å². The Labute approximate surface area is 124 Å². The lowest BCUT2D eigenvalue weighted by molar-refractivity contribution is 0.408. The van der Waals surface area contributed by atoms with Gasteiger partial charge in [-0.2, -0.15) is 0 Å². The van der Waals surface area contributed by atoms with Gasteiger partial charge in [-0.1, -0.05) is 0 Å². The van der Waals surface area contributed by atoms with E-state index in [0.717, 1.165) is 0 Å². The number of benzene rings is 2. The number of nitrogen functional groups attached to an aromatic ring is 1. The first kappa shape index (κ1) is 14.3. The van der Waals surface area contributed by atoms with Crippen LogP contribution in [-0.2, 0) is 0 Å². The van der Waals surface area contributed by atoms with E-state index in [1.165, 1.54) is 25.3 Å². The molecule has 0 spiro atoms. The number of ether oxygens (including phenoxy) is 2. The Kier molecular flexibility index (Phi) is 4.24. The number of methoxy groups -OCH3 is 1. The second-order valence-electron chi connectivity index (χ2n) is 3.95. The highest BCUT2D eigenvalue weighted by atomic mass is 79.9. The first-order chi connectivity index (χ1) is 9.51. The van der Waals surface area contributed by atoms with Crippen molar-refractivity contribution in [1.29, 1.82) is 5.41 Å². The molecule has 0 aliphatic carbocycles. The SMILES string of the molecule is COc1ccc(C(=N)N)c(Oc2cc(F)ccc2Br)c1. The molecule has 0 aromatic heterocycles. The van der Waals surface area contributed by atoms with Crippen molar-refractivity contribution in [2.24, 2.45) is 5.73 Å². The first-order valence-corrected chi connectivity index (χ1v) is 6.46. The molecule has 2 rings (SSSR count). The molecule has 0 saturated heterocycles. The van der Waals surface area contributed by atoms with Crippen molar-refractivity contribution >= 4 is 21.8 Å². The van der Waals surface area contributed by atoms with E-state index in [9.17, 15) is 4.39 Å². The van der Waals surface area contributed by atoms with Crippen molar-refractivity contribution in [3.63, 3.8) is 0 Å². The molecule has 6 heteroatoms. The Balaban J connectivity index is 2.45. The van der Waals surface area contributed by atoms with Crippen LogP contribution in [-0.4, -0.2) is 12.9 Å². The zero-order valence-electron chi connectivity index (χ0n) is 10.6. The van der Waals surface area contributed by atoms with E-state index in [1.54, 1.807) is 18.2 Å². The van der Waals surface area contributed by atoms with E-state index in [1.807, 2.05) is 0 Å². The molecule has 0 bridgehead atoms. The molecule has 0 unspecified atom stereocenters. The Morgan fingerprint density at radius 1 is 1.20 bits per heavy atom. The Bertz CT molecular complexity index is 662. The Morgan fingerprint density at radius 3 is 2.60 bits per heavy atom. The average Bonchev–Trinajstić information content (AvgIpc) is 2.42. The van der Waals surface area contributed by atoms with Crippen LogP contribution in [0, 0.1) is 11.2 Å². The van der Waals surface area contributed by atoms with Crippen molar-refractivity contribution in [2.45, 2.75) is 0 Å². The quantitative estimate of drug-likeness (QED) is 0.660. The molecular formula is C14H12BrFN2O2. The van der Waals surface area contributed by atoms with Gasteiger partial charge in [-0.25, -0.2) is 4.39 Å². The summed E-state index contributed by atoms with van der Waals surface area (Å²) in [4.78, 5) is 0. The van der Waals surface area contributed by atoms with Crippen LogP contribution in [0.5, 0.6) is 17.2 Å². The minimum atomic E-state index is -0.421. The fourth-order valence-corrected chi connectivity index (χ4v) is 1.94. The molecule has 0 fully saturated rings. The fourth-order valence-electron chi connectivity index (χ4n) is 1.61. The molecule has 0 radical (unpaired) electrons. The third-order valence-electron chi connectivity index (χ3n) is 2.59. The molecule has 4 nitrogen and oxygen atoms in total. The molecule has 20 heavy (non-hydrogen) atoms. The number of nitrogens with one attached hydrogen (secondary N) is 1. The van der Waals surface area contributed by atoms with Crippen LogP contribution in [0.15, 0.2) is 40.9 Å². The zero-order valence-corrected chi connectivity index (χ0v) is 12.2. The van der Waals surface area contributed by atoms with E-state index >= 15 is 0 Å². The van der Waals surface area contributed by atoms with Gasteiger partial charge in [0.05, 0.1) is 17.1 Å². The number of nitrogens with two attached hydrogens (primary N) is 1. The maximum atomic E-state index is 13.3. The van der Waals surface area contributed by atoms with Crippen LogP contribution in [0.3, 0.4) is 0 Å². The summed E-state index contributed by atoms with van der Waals surface area (Å²) in [6.45, 7) is 0. The Hall–Kier alpha value is -2.08. The van der Waals surface area contributed by atoms with E-state index < -0.39 is 5.82 Å². The standard InChI is InChI=1S/C14H12BrFN2O2/c1-19-9-3-4-10(14(17)18)12(7-9)20-13-6-8(16)2-5-11(13)15/h2-7H,1H3,(H3,17,18). The number of hydrogen-bond donors (Lipinski definition) is 2. The van der Waals surface area contributed by atoms with Gasteiger partial charge in [-0.05, 0) is 40.2 Å². The summed E-state index contributed by atoms with van der Waals surface area (Å²) in [6, 6.07) is 8.97. The highest BCUT2D eigenvalue weighted by Crippen LogP contribution is 2.33. The maximum Gasteiger partial charge on any atom is 0.144 e. The van der Waals surface area contributed by atoms with Crippen molar-refractivity contribution < 1.29 is 13.9 Å². The third kappa shape index (κ3) is 3.08. The van der Waals surface area contributed by atoms with Gasteiger partial charge in [0.1, 0.15) is 28.9 Å². The number of halogens is 2. The summed E-state index contributed by atoms with van der Waals surface area (Å²) in [5, 5.41) is 7.54. The summed E-state index contributed by atoms with van der Waals surface area (Å²) in [5.41, 5.74) is 5.91. The summed E-state index contributed by atoms with van der Waals surface area (Å²) in [5.74, 6) is 0.604. The first-order valence-electron chi connectivity index (χ1n) is 5.66. The molecule has 0 atom stereocenters. The largest absolute Gasteiger partial charge is 0.497 e. The normalized spacial score (nSPS) is 10.2. The molecule has 0 amide bonds. The minimum absolute atomic E-state index is 0.143. The molecule has 0 aliphatic heterocycles. The van der Waals surface area contributed by atoms with Gasteiger partial charge >= 0.3 is 0 Å². The zero-order chi connectivity index (χ0) is 14.7. The van der Waals surface area contributed by atoms with Crippen molar-refractivity contribution in [3.05, 3.63) is 52.3 Å². The van der Waals surface area contributed by atoms with Crippen LogP contribution in [0.2, 0.25) is 0 Å². The van der Waals surface area contributed by atoms with Gasteiger partial charge in [0.25, 0.3) is 0 Å². The molecule has 0 saturated carbocycles. The summed E-state index contributed by atoms with van der Waals surface area (Å²) < 4.78 is 24.6. The molecule has 104 valence electrons. The Morgan fingerprint density at radius 2 is 1.95 bits per heavy atom. The topological polar surface area (TPSA) is 68.3 Å². The minimum Gasteiger partial charge on any atom is -0.497 e. The van der Waals surface area contributed by atoms with Crippen LogP contribution in [0.25, 0.3) is 0 Å². The molecule has 0 heterocycles. The van der Waals surface area contributed by atoms with Gasteiger partial charge in [0, 0.05) is 12.1 Å². The predicted octanol–water partition coefficient (Wildman–Crippen LogP) is 3.67. The van der Waals surface area contributed by atoms with Gasteiger partial charge in [-0.3, -0.25) is 5.41 Å². The van der Waals surface area contributed by atoms with E-state index in [0.29, 0.717) is 27.3 Å². The summed E-state index contributed by atoms with van der Waals surface area (Å²) in [7, 11) is 1.52. The van der Waals surface area contributed by atoms with Crippen LogP contribution < -0.4 is 15.2 Å². The molecule has 2 aromatic carbocycles. The number of hydrogen-bond acceptors (Lipinski definition) is 3. The van der Waals surface area contributed by atoms with E-state index in [4.69, 9.17) is 20.6 Å². The summed E-state index contributed by atoms with van der Waals surface area (Å²) in [6.07, 6.45) is 0. The van der Waals surface area contributed by atoms with Crippen molar-refractivity contribution in [2.75, 3.05) is 7.11 Å². The lowest BCUT2D eigenvalue weighted by Gasteiger charge is -2.13. The van der Waals surface area contributed by atoms with Crippen LogP contribution >= 0.6 is 15.9 Å². The third-order valence-corrected chi connectivity index (χ3v) is 3.25. The van der Waals surface area contributed by atoms with Crippen LogP contribution in [0.4, 0.5) is 4.39 Å². The molecule has 0 aliphatic rings. The molecule has 3 N–H and O–H groups in total. The summed E-state index contributed by atoms with van der Waals surface area (Å²) >= 11 is 3.28. The second-order valence-corrected chi connectivity index (χ2v) is 4.81. The highest BCUT2D eigenvalue weighted by Gasteiger charge is 2.12. The molecule has 2 aromatic rings.